The van der Waals surface area contributed by atoms with E-state index in [1.807, 2.05) is 23.1 Å². The van der Waals surface area contributed by atoms with E-state index in [-0.39, 0.29) is 30.7 Å². The Morgan fingerprint density at radius 3 is 2.27 bits per heavy atom. The highest BCUT2D eigenvalue weighted by molar-refractivity contribution is 5.92. The molecule has 0 aromatic heterocycles. The molecule has 9 heteroatoms. The second-order valence-corrected chi connectivity index (χ2v) is 8.31. The Hall–Kier alpha value is -3.07. The minimum absolute atomic E-state index is 0.0166. The summed E-state index contributed by atoms with van der Waals surface area (Å²) in [6.07, 6.45) is -1.83. The summed E-state index contributed by atoms with van der Waals surface area (Å²) >= 11 is 0. The number of anilines is 1. The fraction of sp³-hybridized carbons (Fsp3) is 0.417. The minimum atomic E-state index is -4.77. The molecule has 1 fully saturated rings. The lowest BCUT2D eigenvalue weighted by atomic mass is 9.90. The lowest BCUT2D eigenvalue weighted by Gasteiger charge is -2.33. The predicted octanol–water partition coefficient (Wildman–Crippen LogP) is 3.94. The topological polar surface area (TPSA) is 61.9 Å². The van der Waals surface area contributed by atoms with E-state index in [0.29, 0.717) is 24.7 Å². The molecule has 0 spiro atoms. The molecule has 1 aliphatic rings. The number of carbonyl (C=O) groups excluding carboxylic acids is 2. The number of hydrogen-bond donors (Lipinski definition) is 1. The molecule has 6 nitrogen and oxygen atoms in total. The van der Waals surface area contributed by atoms with Crippen LogP contribution in [0.25, 0.3) is 0 Å². The van der Waals surface area contributed by atoms with Crippen molar-refractivity contribution in [1.29, 1.82) is 0 Å². The van der Waals surface area contributed by atoms with Crippen molar-refractivity contribution in [2.75, 3.05) is 38.5 Å². The number of likely N-dealkylation sites (N-methyl/N-ethyl adjacent to an activating group) is 1. The largest absolute Gasteiger partial charge is 0.573 e. The zero-order valence-electron chi connectivity index (χ0n) is 18.5. The number of piperidine rings is 1. The first-order valence-electron chi connectivity index (χ1n) is 10.8. The van der Waals surface area contributed by atoms with E-state index in [1.165, 1.54) is 17.7 Å². The zero-order valence-corrected chi connectivity index (χ0v) is 18.5. The van der Waals surface area contributed by atoms with E-state index in [1.54, 1.807) is 11.9 Å². The molecule has 0 unspecified atom stereocenters. The highest BCUT2D eigenvalue weighted by Crippen LogP contribution is 2.24. The third kappa shape index (κ3) is 8.42. The van der Waals surface area contributed by atoms with Gasteiger partial charge in [-0.15, -0.1) is 13.2 Å². The molecule has 0 aliphatic carbocycles. The first kappa shape index (κ1) is 24.6. The number of likely N-dealkylation sites (tertiary alicyclic amines) is 1. The van der Waals surface area contributed by atoms with Crippen LogP contribution in [0.2, 0.25) is 0 Å². The van der Waals surface area contributed by atoms with Crippen LogP contribution in [0.15, 0.2) is 54.6 Å². The second-order valence-electron chi connectivity index (χ2n) is 8.31. The van der Waals surface area contributed by atoms with Crippen LogP contribution in [-0.4, -0.2) is 61.2 Å². The summed E-state index contributed by atoms with van der Waals surface area (Å²) in [6.45, 7) is 1.53. The molecule has 0 atom stereocenters. The van der Waals surface area contributed by atoms with Gasteiger partial charge >= 0.3 is 6.36 Å². The van der Waals surface area contributed by atoms with Gasteiger partial charge in [0.25, 0.3) is 0 Å². The maximum atomic E-state index is 12.6. The maximum absolute atomic E-state index is 12.6. The summed E-state index contributed by atoms with van der Waals surface area (Å²) in [6, 6.07) is 15.2. The molecule has 178 valence electrons. The van der Waals surface area contributed by atoms with Gasteiger partial charge in [-0.2, -0.15) is 0 Å². The van der Waals surface area contributed by atoms with Crippen molar-refractivity contribution in [2.45, 2.75) is 25.6 Å². The number of nitrogens with one attached hydrogen (secondary N) is 1. The van der Waals surface area contributed by atoms with Crippen LogP contribution >= 0.6 is 0 Å². The molecule has 0 saturated carbocycles. The molecule has 0 radical (unpaired) electrons. The van der Waals surface area contributed by atoms with Gasteiger partial charge in [0.1, 0.15) is 5.75 Å². The molecule has 1 saturated heterocycles. The third-order valence-electron chi connectivity index (χ3n) is 5.52. The quantitative estimate of drug-likeness (QED) is 0.644. The number of nitrogens with zero attached hydrogens (tertiary/aromatic N) is 2. The normalized spacial score (nSPS) is 14.9. The van der Waals surface area contributed by atoms with Crippen LogP contribution in [-0.2, 0) is 16.0 Å². The average Bonchev–Trinajstić information content (AvgIpc) is 2.75. The van der Waals surface area contributed by atoms with E-state index >= 15 is 0 Å². The molecule has 2 amide bonds. The van der Waals surface area contributed by atoms with Gasteiger partial charge in [-0.3, -0.25) is 14.5 Å². The number of ether oxygens (including phenoxy) is 1. The van der Waals surface area contributed by atoms with Gasteiger partial charge in [-0.1, -0.05) is 30.3 Å². The van der Waals surface area contributed by atoms with E-state index in [0.717, 1.165) is 31.4 Å². The number of benzene rings is 2. The molecule has 2 aromatic rings. The smallest absolute Gasteiger partial charge is 0.406 e. The maximum Gasteiger partial charge on any atom is 0.573 e. The number of carbonyl (C=O) groups is 2. The Morgan fingerprint density at radius 1 is 1.03 bits per heavy atom. The van der Waals surface area contributed by atoms with Crippen molar-refractivity contribution in [1.82, 2.24) is 9.80 Å². The predicted molar refractivity (Wildman–Crippen MR) is 119 cm³/mol. The Kier molecular flexibility index (Phi) is 8.32. The number of halogens is 3. The molecular weight excluding hydrogens is 435 g/mol. The molecule has 0 bridgehead atoms. The van der Waals surface area contributed by atoms with Gasteiger partial charge in [-0.25, -0.2) is 0 Å². The number of alkyl halides is 3. The van der Waals surface area contributed by atoms with Crippen molar-refractivity contribution < 1.29 is 27.5 Å². The van der Waals surface area contributed by atoms with Crippen molar-refractivity contribution in [3.05, 3.63) is 60.2 Å². The van der Waals surface area contributed by atoms with Crippen LogP contribution in [0, 0.1) is 5.92 Å². The molecule has 2 aromatic carbocycles. The van der Waals surface area contributed by atoms with Gasteiger partial charge in [0.15, 0.2) is 0 Å². The standard InChI is InChI=1S/C24H28F3N3O3/c1-29(16-22(31)28-20-7-9-21(10-8-20)33-24(25,26)27)17-23(32)30-13-11-19(12-14-30)15-18-5-3-2-4-6-18/h2-10,19H,11-17H2,1H3,(H,28,31). The lowest BCUT2D eigenvalue weighted by molar-refractivity contribution is -0.274. The summed E-state index contributed by atoms with van der Waals surface area (Å²) in [5, 5.41) is 2.60. The van der Waals surface area contributed by atoms with E-state index in [2.05, 4.69) is 22.2 Å². The van der Waals surface area contributed by atoms with Gasteiger partial charge in [-0.05, 0) is 62.1 Å². The van der Waals surface area contributed by atoms with Gasteiger partial charge in [0, 0.05) is 18.8 Å². The average molecular weight is 464 g/mol. The highest BCUT2D eigenvalue weighted by Gasteiger charge is 2.31. The van der Waals surface area contributed by atoms with Gasteiger partial charge in [0.2, 0.25) is 11.8 Å². The third-order valence-corrected chi connectivity index (χ3v) is 5.52. The summed E-state index contributed by atoms with van der Waals surface area (Å²) in [5.74, 6) is -0.183. The Labute approximate surface area is 191 Å². The fourth-order valence-electron chi connectivity index (χ4n) is 3.91. The zero-order chi connectivity index (χ0) is 23.8. The van der Waals surface area contributed by atoms with Gasteiger partial charge in [0.05, 0.1) is 13.1 Å². The van der Waals surface area contributed by atoms with E-state index < -0.39 is 6.36 Å². The monoisotopic (exact) mass is 463 g/mol. The Bertz CT molecular complexity index is 912. The molecule has 1 aliphatic heterocycles. The van der Waals surface area contributed by atoms with E-state index in [4.69, 9.17) is 0 Å². The molecule has 3 rings (SSSR count). The van der Waals surface area contributed by atoms with Crippen molar-refractivity contribution in [3.8, 4) is 5.75 Å². The molecular formula is C24H28F3N3O3. The van der Waals surface area contributed by atoms with Crippen molar-refractivity contribution in [2.24, 2.45) is 5.92 Å². The minimum Gasteiger partial charge on any atom is -0.406 e. The summed E-state index contributed by atoms with van der Waals surface area (Å²) in [7, 11) is 1.68. The van der Waals surface area contributed by atoms with Crippen LogP contribution < -0.4 is 10.1 Å². The Balaban J connectivity index is 1.38. The SMILES string of the molecule is CN(CC(=O)Nc1ccc(OC(F)(F)F)cc1)CC(=O)N1CCC(Cc2ccccc2)CC1. The number of hydrogen-bond acceptors (Lipinski definition) is 4. The van der Waals surface area contributed by atoms with Crippen LogP contribution in [0.1, 0.15) is 18.4 Å². The molecule has 1 heterocycles. The van der Waals surface area contributed by atoms with Crippen molar-refractivity contribution >= 4 is 17.5 Å². The summed E-state index contributed by atoms with van der Waals surface area (Å²) in [4.78, 5) is 28.3. The van der Waals surface area contributed by atoms with Crippen molar-refractivity contribution in [3.63, 3.8) is 0 Å². The van der Waals surface area contributed by atoms with Crippen LogP contribution in [0.5, 0.6) is 5.75 Å². The first-order chi connectivity index (χ1) is 15.7. The highest BCUT2D eigenvalue weighted by atomic mass is 19.4. The summed E-state index contributed by atoms with van der Waals surface area (Å²) < 4.78 is 40.4. The molecule has 33 heavy (non-hydrogen) atoms. The second kappa shape index (κ2) is 11.2. The van der Waals surface area contributed by atoms with Gasteiger partial charge < -0.3 is 15.0 Å². The lowest BCUT2D eigenvalue weighted by Crippen LogP contribution is -2.44. The molecule has 1 N–H and O–H groups in total. The van der Waals surface area contributed by atoms with Crippen LogP contribution in [0.3, 0.4) is 0 Å². The van der Waals surface area contributed by atoms with Crippen LogP contribution in [0.4, 0.5) is 18.9 Å². The Morgan fingerprint density at radius 2 is 1.67 bits per heavy atom. The summed E-state index contributed by atoms with van der Waals surface area (Å²) in [5.41, 5.74) is 1.66. The fourth-order valence-corrected chi connectivity index (χ4v) is 3.91. The van der Waals surface area contributed by atoms with E-state index in [9.17, 15) is 22.8 Å². The number of rotatable bonds is 8. The first-order valence-corrected chi connectivity index (χ1v) is 10.8. The number of amides is 2.